The lowest BCUT2D eigenvalue weighted by molar-refractivity contribution is -0.145. The summed E-state index contributed by atoms with van der Waals surface area (Å²) < 4.78 is 24.6. The van der Waals surface area contributed by atoms with Gasteiger partial charge in [0.25, 0.3) is 0 Å². The van der Waals surface area contributed by atoms with Gasteiger partial charge in [-0.05, 0) is 30.0 Å². The van der Waals surface area contributed by atoms with Gasteiger partial charge in [-0.15, -0.1) is 0 Å². The molecule has 0 spiro atoms. The van der Waals surface area contributed by atoms with E-state index in [0.717, 1.165) is 25.7 Å². The van der Waals surface area contributed by atoms with Crippen LogP contribution in [0.3, 0.4) is 0 Å². The zero-order valence-electron chi connectivity index (χ0n) is 19.3. The normalized spacial score (nSPS) is 12.0. The van der Waals surface area contributed by atoms with Gasteiger partial charge in [-0.2, -0.15) is 0 Å². The van der Waals surface area contributed by atoms with Crippen molar-refractivity contribution < 1.29 is 28.4 Å². The lowest BCUT2D eigenvalue weighted by Crippen LogP contribution is -2.27. The molecule has 7 heteroatoms. The molecule has 0 N–H and O–H groups in total. The van der Waals surface area contributed by atoms with E-state index in [0.29, 0.717) is 29.6 Å². The maximum absolute atomic E-state index is 13.6. The van der Waals surface area contributed by atoms with Crippen LogP contribution in [0.5, 0.6) is 11.5 Å². The summed E-state index contributed by atoms with van der Waals surface area (Å²) in [7, 11) is 4.14. The van der Waals surface area contributed by atoms with Gasteiger partial charge in [0.2, 0.25) is 0 Å². The number of hydrogen-bond acceptors (Lipinski definition) is 6. The van der Waals surface area contributed by atoms with Crippen LogP contribution in [0.25, 0.3) is 0 Å². The lowest BCUT2D eigenvalue weighted by atomic mass is 9.89. The summed E-state index contributed by atoms with van der Waals surface area (Å²) in [4.78, 5) is 26.7. The van der Waals surface area contributed by atoms with Gasteiger partial charge in [-0.1, -0.05) is 74.1 Å². The number of Topliss-reactive ketones (excluding diaryl/α,β-unsaturated/α-hetero) is 1. The maximum atomic E-state index is 13.6. The number of unbranched alkanes of at least 4 members (excludes halogenated alkanes) is 1. The van der Waals surface area contributed by atoms with Crippen molar-refractivity contribution in [2.75, 3.05) is 20.8 Å². The highest BCUT2D eigenvalue weighted by Gasteiger charge is 2.34. The highest BCUT2D eigenvalue weighted by atomic mass is 31.0. The Hall–Kier alpha value is -2.72. The Morgan fingerprint density at radius 1 is 0.906 bits per heavy atom. The van der Waals surface area contributed by atoms with Crippen LogP contribution in [0.1, 0.15) is 61.4 Å². The first kappa shape index (κ1) is 27.3. The molecule has 2 aromatic carbocycles. The number of esters is 1. The van der Waals surface area contributed by atoms with Crippen molar-refractivity contribution in [3.63, 3.8) is 0 Å². The van der Waals surface area contributed by atoms with Crippen LogP contribution < -0.4 is 9.47 Å². The van der Waals surface area contributed by atoms with E-state index < -0.39 is 17.7 Å². The minimum atomic E-state index is -1.08. The van der Waals surface area contributed by atoms with Crippen molar-refractivity contribution in [3.05, 3.63) is 59.7 Å². The van der Waals surface area contributed by atoms with Crippen LogP contribution in [0.15, 0.2) is 48.5 Å². The minimum Gasteiger partial charge on any atom is -0.496 e. The topological polar surface area (TPSA) is 78.9 Å². The lowest BCUT2D eigenvalue weighted by Gasteiger charge is -2.20. The van der Waals surface area contributed by atoms with Crippen LogP contribution in [0.2, 0.25) is 0 Å². The van der Waals surface area contributed by atoms with E-state index in [2.05, 4.69) is 13.8 Å². The molecule has 0 aliphatic carbocycles. The molecular weight excluding hydrogens is 427 g/mol. The molecule has 0 radical (unpaired) electrons. The summed E-state index contributed by atoms with van der Waals surface area (Å²) in [5.41, 5.74) is 0.827. The Morgan fingerprint density at radius 3 is 2.00 bits per heavy atom. The highest BCUT2D eigenvalue weighted by molar-refractivity contribution is 7.00. The molecule has 0 heterocycles. The molecule has 3 atom stereocenters. The van der Waals surface area contributed by atoms with Gasteiger partial charge in [-0.25, -0.2) is 0 Å². The SMILES string of the molecule is CCCCC(CC)COC(=O)C(C(=O)c1c(OC)cccc1OC)c1ccccc1.O=[PH2+]. The summed E-state index contributed by atoms with van der Waals surface area (Å²) in [5.74, 6) is -1.01. The molecular formula is C25H34O6P+. The van der Waals surface area contributed by atoms with E-state index >= 15 is 0 Å². The molecule has 174 valence electrons. The second kappa shape index (κ2) is 15.1. The summed E-state index contributed by atoms with van der Waals surface area (Å²) in [6.07, 6.45) is 4.13. The number of carbonyl (C=O) groups excluding carboxylic acids is 2. The van der Waals surface area contributed by atoms with Gasteiger partial charge < -0.3 is 14.2 Å². The minimum absolute atomic E-state index is 0.242. The monoisotopic (exact) mass is 461 g/mol. The molecule has 3 unspecified atom stereocenters. The Balaban J connectivity index is 0.00000249. The quantitative estimate of drug-likeness (QED) is 0.176. The van der Waals surface area contributed by atoms with Crippen molar-refractivity contribution >= 4 is 20.9 Å². The van der Waals surface area contributed by atoms with Crippen molar-refractivity contribution in [2.45, 2.75) is 45.4 Å². The van der Waals surface area contributed by atoms with Crippen molar-refractivity contribution in [3.8, 4) is 11.5 Å². The van der Waals surface area contributed by atoms with E-state index in [1.807, 2.05) is 6.07 Å². The predicted molar refractivity (Wildman–Crippen MR) is 128 cm³/mol. The highest BCUT2D eigenvalue weighted by Crippen LogP contribution is 2.34. The molecule has 2 rings (SSSR count). The summed E-state index contributed by atoms with van der Waals surface area (Å²) in [6.45, 7) is 4.55. The molecule has 0 bridgehead atoms. The Morgan fingerprint density at radius 2 is 1.50 bits per heavy atom. The first-order valence-electron chi connectivity index (χ1n) is 10.8. The van der Waals surface area contributed by atoms with Gasteiger partial charge >= 0.3 is 15.1 Å². The van der Waals surface area contributed by atoms with Crippen LogP contribution in [0.4, 0.5) is 0 Å². The standard InChI is InChI=1S/C25H32O5.H2OP/c1-5-7-12-18(6-2)17-30-25(27)22(19-13-9-8-10-14-19)24(26)23-20(28-3)15-11-16-21(23)29-4;1-2/h8-11,13-16,18,22H,5-7,12,17H2,1-4H3;2H2/q;+1. The zero-order valence-corrected chi connectivity index (χ0v) is 20.5. The van der Waals surface area contributed by atoms with Crippen LogP contribution in [0, 0.1) is 5.92 Å². The Bertz CT molecular complexity index is 817. The van der Waals surface area contributed by atoms with Gasteiger partial charge in [-0.3, -0.25) is 9.59 Å². The number of ether oxygens (including phenoxy) is 3. The molecule has 2 aromatic rings. The molecule has 32 heavy (non-hydrogen) atoms. The molecule has 0 fully saturated rings. The van der Waals surface area contributed by atoms with E-state index in [-0.39, 0.29) is 5.56 Å². The molecule has 0 saturated heterocycles. The third kappa shape index (κ3) is 7.45. The molecule has 0 aliphatic heterocycles. The van der Waals surface area contributed by atoms with Gasteiger partial charge in [0.15, 0.2) is 5.78 Å². The van der Waals surface area contributed by atoms with Crippen molar-refractivity contribution in [2.24, 2.45) is 5.92 Å². The van der Waals surface area contributed by atoms with Gasteiger partial charge in [0.05, 0.1) is 20.8 Å². The number of hydrogen-bond donors (Lipinski definition) is 0. The van der Waals surface area contributed by atoms with Gasteiger partial charge in [0, 0.05) is 0 Å². The maximum Gasteiger partial charge on any atom is 0.321 e. The fraction of sp³-hybridized carbons (Fsp3) is 0.440. The van der Waals surface area contributed by atoms with Crippen LogP contribution >= 0.6 is 9.12 Å². The first-order chi connectivity index (χ1) is 15.6. The van der Waals surface area contributed by atoms with Gasteiger partial charge in [0.1, 0.15) is 23.0 Å². The first-order valence-corrected chi connectivity index (χ1v) is 11.2. The number of methoxy groups -OCH3 is 2. The summed E-state index contributed by atoms with van der Waals surface area (Å²) in [6, 6.07) is 14.1. The second-order valence-electron chi connectivity index (χ2n) is 7.29. The average molecular weight is 462 g/mol. The fourth-order valence-electron chi connectivity index (χ4n) is 3.46. The van der Waals surface area contributed by atoms with E-state index in [1.54, 1.807) is 42.5 Å². The predicted octanol–water partition coefficient (Wildman–Crippen LogP) is 5.64. The Labute approximate surface area is 192 Å². The summed E-state index contributed by atoms with van der Waals surface area (Å²) in [5, 5.41) is 0. The number of rotatable bonds is 12. The number of benzene rings is 2. The molecule has 0 amide bonds. The molecule has 0 aromatic heterocycles. The van der Waals surface area contributed by atoms with E-state index in [4.69, 9.17) is 18.8 Å². The van der Waals surface area contributed by atoms with E-state index in [1.165, 1.54) is 23.3 Å². The smallest absolute Gasteiger partial charge is 0.321 e. The molecule has 0 saturated carbocycles. The molecule has 0 aliphatic rings. The van der Waals surface area contributed by atoms with E-state index in [9.17, 15) is 9.59 Å². The third-order valence-corrected chi connectivity index (χ3v) is 5.31. The fourth-order valence-corrected chi connectivity index (χ4v) is 3.46. The Kier molecular flexibility index (Phi) is 12.9. The van der Waals surface area contributed by atoms with Crippen LogP contribution in [-0.2, 0) is 14.1 Å². The summed E-state index contributed by atoms with van der Waals surface area (Å²) >= 11 is 0. The molecule has 6 nitrogen and oxygen atoms in total. The van der Waals surface area contributed by atoms with Crippen molar-refractivity contribution in [1.82, 2.24) is 0 Å². The second-order valence-corrected chi connectivity index (χ2v) is 7.29. The van der Waals surface area contributed by atoms with Crippen molar-refractivity contribution in [1.29, 1.82) is 0 Å². The number of ketones is 1. The zero-order chi connectivity index (χ0) is 23.9. The number of carbonyl (C=O) groups is 2. The van der Waals surface area contributed by atoms with Crippen LogP contribution in [-0.4, -0.2) is 32.6 Å². The average Bonchev–Trinajstić information content (AvgIpc) is 2.85. The largest absolute Gasteiger partial charge is 0.496 e. The third-order valence-electron chi connectivity index (χ3n) is 5.31.